The van der Waals surface area contributed by atoms with Gasteiger partial charge in [-0.15, -0.1) is 0 Å². The van der Waals surface area contributed by atoms with Crippen molar-refractivity contribution in [2.45, 2.75) is 71.3 Å². The van der Waals surface area contributed by atoms with E-state index in [-0.39, 0.29) is 6.10 Å². The van der Waals surface area contributed by atoms with Gasteiger partial charge in [-0.1, -0.05) is 26.0 Å². The average molecular weight is 274 g/mol. The lowest BCUT2D eigenvalue weighted by Gasteiger charge is -2.60. The molecule has 0 aliphatic heterocycles. The summed E-state index contributed by atoms with van der Waals surface area (Å²) >= 11 is 0. The van der Waals surface area contributed by atoms with E-state index in [4.69, 9.17) is 0 Å². The monoisotopic (exact) mass is 274 g/mol. The summed E-state index contributed by atoms with van der Waals surface area (Å²) in [5.41, 5.74) is 1.05. The lowest BCUT2D eigenvalue weighted by atomic mass is 9.45. The quantitative estimate of drug-likeness (QED) is 0.642. The predicted molar refractivity (Wildman–Crippen MR) is 82.3 cm³/mol. The summed E-state index contributed by atoms with van der Waals surface area (Å²) in [4.78, 5) is 0. The number of fused-ring (bicyclic) bond motifs is 5. The topological polar surface area (TPSA) is 20.2 Å². The van der Waals surface area contributed by atoms with E-state index in [2.05, 4.69) is 26.0 Å². The van der Waals surface area contributed by atoms with Crippen LogP contribution in [-0.2, 0) is 0 Å². The first-order valence-electron chi connectivity index (χ1n) is 8.89. The van der Waals surface area contributed by atoms with Gasteiger partial charge < -0.3 is 5.11 Å². The second-order valence-corrected chi connectivity index (χ2v) is 8.77. The molecule has 0 heterocycles. The van der Waals surface area contributed by atoms with Crippen molar-refractivity contribution < 1.29 is 5.11 Å². The SMILES string of the molecule is C[C@]12CC[C@@H](O)C[C@@H]1CC[C@H]1[C@H]3CC=C[C@@]3(C)CC[C@@H]12. The van der Waals surface area contributed by atoms with Gasteiger partial charge in [-0.3, -0.25) is 0 Å². The Labute approximate surface area is 123 Å². The highest BCUT2D eigenvalue weighted by Gasteiger charge is 2.56. The predicted octanol–water partition coefficient (Wildman–Crippen LogP) is 4.56. The van der Waals surface area contributed by atoms with E-state index in [1.54, 1.807) is 0 Å². The first-order chi connectivity index (χ1) is 9.53. The van der Waals surface area contributed by atoms with Crippen LogP contribution in [0.15, 0.2) is 12.2 Å². The summed E-state index contributed by atoms with van der Waals surface area (Å²) in [7, 11) is 0. The van der Waals surface area contributed by atoms with E-state index in [9.17, 15) is 5.11 Å². The van der Waals surface area contributed by atoms with E-state index < -0.39 is 0 Å². The van der Waals surface area contributed by atoms with Crippen molar-refractivity contribution in [2.75, 3.05) is 0 Å². The van der Waals surface area contributed by atoms with Crippen molar-refractivity contribution in [1.29, 1.82) is 0 Å². The zero-order valence-corrected chi connectivity index (χ0v) is 13.1. The second-order valence-electron chi connectivity index (χ2n) is 8.77. The van der Waals surface area contributed by atoms with Gasteiger partial charge in [0, 0.05) is 0 Å². The summed E-state index contributed by atoms with van der Waals surface area (Å²) in [6.45, 7) is 5.09. The third-order valence-electron chi connectivity index (χ3n) is 7.96. The number of hydrogen-bond donors (Lipinski definition) is 1. The lowest BCUT2D eigenvalue weighted by molar-refractivity contribution is -0.116. The van der Waals surface area contributed by atoms with E-state index >= 15 is 0 Å². The van der Waals surface area contributed by atoms with E-state index in [1.807, 2.05) is 0 Å². The van der Waals surface area contributed by atoms with Gasteiger partial charge >= 0.3 is 0 Å². The Morgan fingerprint density at radius 3 is 2.70 bits per heavy atom. The van der Waals surface area contributed by atoms with Crippen LogP contribution in [0.2, 0.25) is 0 Å². The van der Waals surface area contributed by atoms with Gasteiger partial charge in [0.2, 0.25) is 0 Å². The molecule has 112 valence electrons. The van der Waals surface area contributed by atoms with Crippen molar-refractivity contribution in [2.24, 2.45) is 34.5 Å². The van der Waals surface area contributed by atoms with Crippen LogP contribution in [-0.4, -0.2) is 11.2 Å². The van der Waals surface area contributed by atoms with Crippen molar-refractivity contribution >= 4 is 0 Å². The fourth-order valence-corrected chi connectivity index (χ4v) is 6.72. The third kappa shape index (κ3) is 1.71. The minimum atomic E-state index is -0.00775. The first-order valence-corrected chi connectivity index (χ1v) is 8.89. The normalized spacial score (nSPS) is 57.9. The Hall–Kier alpha value is -0.300. The molecule has 4 aliphatic carbocycles. The number of allylic oxidation sites excluding steroid dienone is 2. The fourth-order valence-electron chi connectivity index (χ4n) is 6.72. The van der Waals surface area contributed by atoms with Crippen molar-refractivity contribution in [3.8, 4) is 0 Å². The van der Waals surface area contributed by atoms with Crippen LogP contribution in [0.4, 0.5) is 0 Å². The molecule has 0 unspecified atom stereocenters. The molecule has 0 aromatic carbocycles. The van der Waals surface area contributed by atoms with Gasteiger partial charge in [-0.05, 0) is 85.9 Å². The molecule has 0 saturated heterocycles. The Morgan fingerprint density at radius 2 is 1.85 bits per heavy atom. The molecule has 1 heteroatoms. The minimum Gasteiger partial charge on any atom is -0.393 e. The zero-order chi connectivity index (χ0) is 14.0. The molecule has 0 aromatic heterocycles. The van der Waals surface area contributed by atoms with Crippen LogP contribution in [0.3, 0.4) is 0 Å². The van der Waals surface area contributed by atoms with E-state index in [0.717, 1.165) is 36.5 Å². The van der Waals surface area contributed by atoms with Crippen LogP contribution in [0.5, 0.6) is 0 Å². The first kappa shape index (κ1) is 13.4. The average Bonchev–Trinajstić information content (AvgIpc) is 2.81. The molecule has 3 saturated carbocycles. The number of aliphatic hydroxyl groups excluding tert-OH is 1. The van der Waals surface area contributed by atoms with Crippen LogP contribution in [0.1, 0.15) is 65.2 Å². The van der Waals surface area contributed by atoms with Crippen molar-refractivity contribution in [1.82, 2.24) is 0 Å². The maximum atomic E-state index is 10.0. The van der Waals surface area contributed by atoms with Crippen LogP contribution in [0.25, 0.3) is 0 Å². The summed E-state index contributed by atoms with van der Waals surface area (Å²) in [5.74, 6) is 3.61. The fraction of sp³-hybridized carbons (Fsp3) is 0.895. The maximum absolute atomic E-state index is 10.0. The van der Waals surface area contributed by atoms with Gasteiger partial charge in [-0.2, -0.15) is 0 Å². The molecule has 7 atom stereocenters. The van der Waals surface area contributed by atoms with Gasteiger partial charge in [0.1, 0.15) is 0 Å². The Morgan fingerprint density at radius 1 is 1.00 bits per heavy atom. The number of rotatable bonds is 0. The summed E-state index contributed by atoms with van der Waals surface area (Å²) < 4.78 is 0. The molecule has 0 bridgehead atoms. The maximum Gasteiger partial charge on any atom is 0.0543 e. The van der Waals surface area contributed by atoms with Gasteiger partial charge in [0.25, 0.3) is 0 Å². The Balaban J connectivity index is 1.63. The van der Waals surface area contributed by atoms with Crippen LogP contribution >= 0.6 is 0 Å². The van der Waals surface area contributed by atoms with E-state index in [1.165, 1.54) is 38.5 Å². The molecular formula is C19H30O. The molecule has 0 spiro atoms. The van der Waals surface area contributed by atoms with Gasteiger partial charge in [0.05, 0.1) is 6.10 Å². The Kier molecular flexibility index (Phi) is 2.91. The van der Waals surface area contributed by atoms with Gasteiger partial charge in [0.15, 0.2) is 0 Å². The van der Waals surface area contributed by atoms with Crippen molar-refractivity contribution in [3.05, 3.63) is 12.2 Å². The molecular weight excluding hydrogens is 244 g/mol. The van der Waals surface area contributed by atoms with Gasteiger partial charge in [-0.25, -0.2) is 0 Å². The smallest absolute Gasteiger partial charge is 0.0543 e. The summed E-state index contributed by atoms with van der Waals surface area (Å²) in [6.07, 6.45) is 15.4. The van der Waals surface area contributed by atoms with E-state index in [0.29, 0.717) is 10.8 Å². The molecule has 20 heavy (non-hydrogen) atoms. The van der Waals surface area contributed by atoms with Crippen LogP contribution in [0, 0.1) is 34.5 Å². The minimum absolute atomic E-state index is 0.00775. The molecule has 4 aliphatic rings. The summed E-state index contributed by atoms with van der Waals surface area (Å²) in [5, 5.41) is 10.0. The second kappa shape index (κ2) is 4.35. The molecule has 0 aromatic rings. The molecule has 3 fully saturated rings. The molecule has 1 nitrogen and oxygen atoms in total. The molecule has 1 N–H and O–H groups in total. The molecule has 0 radical (unpaired) electrons. The van der Waals surface area contributed by atoms with Crippen LogP contribution < -0.4 is 0 Å². The number of hydrogen-bond acceptors (Lipinski definition) is 1. The largest absolute Gasteiger partial charge is 0.393 e. The summed E-state index contributed by atoms with van der Waals surface area (Å²) in [6, 6.07) is 0. The molecule has 4 rings (SSSR count). The number of aliphatic hydroxyl groups is 1. The zero-order valence-electron chi connectivity index (χ0n) is 13.1. The lowest BCUT2D eigenvalue weighted by Crippen LogP contribution is -2.53. The highest BCUT2D eigenvalue weighted by molar-refractivity contribution is 5.16. The highest BCUT2D eigenvalue weighted by atomic mass is 16.3. The van der Waals surface area contributed by atoms with Crippen molar-refractivity contribution in [3.63, 3.8) is 0 Å². The highest BCUT2D eigenvalue weighted by Crippen LogP contribution is 2.64. The Bertz CT molecular complexity index is 427. The third-order valence-corrected chi connectivity index (χ3v) is 7.96. The standard InChI is InChI=1S/C19H30O/c1-18-9-3-4-16(18)15-6-5-13-12-14(20)7-11-19(13,2)17(15)8-10-18/h3,9,13-17,20H,4-8,10-12H2,1-2H3/t13-,14+,15-,16+,17-,18-,19-/m0/s1. The molecule has 0 amide bonds.